The van der Waals surface area contributed by atoms with E-state index in [1.165, 1.54) is 31.0 Å². The van der Waals surface area contributed by atoms with Gasteiger partial charge in [-0.05, 0) is 31.4 Å². The van der Waals surface area contributed by atoms with Gasteiger partial charge in [0.25, 0.3) is 11.6 Å². The summed E-state index contributed by atoms with van der Waals surface area (Å²) in [7, 11) is 0. The minimum atomic E-state index is -0.452. The van der Waals surface area contributed by atoms with Crippen LogP contribution < -0.4 is 10.6 Å². The highest BCUT2D eigenvalue weighted by Crippen LogP contribution is 2.31. The first-order valence-electron chi connectivity index (χ1n) is 6.92. The molecule has 1 aliphatic carbocycles. The van der Waals surface area contributed by atoms with Crippen LogP contribution in [0.2, 0.25) is 0 Å². The molecule has 0 spiro atoms. The summed E-state index contributed by atoms with van der Waals surface area (Å²) in [6.45, 7) is 3.08. The minimum Gasteiger partial charge on any atom is -0.380 e. The van der Waals surface area contributed by atoms with E-state index in [0.29, 0.717) is 24.3 Å². The second-order valence-corrected chi connectivity index (χ2v) is 5.01. The standard InChI is InChI=1S/C14H19N3O3/c1-2-15-12-9-11(5-6-13(12)17(19)20)14(18)16-8-7-10-3-4-10/h5-6,9-10,15H,2-4,7-8H2,1H3,(H,16,18). The molecule has 108 valence electrons. The van der Waals surface area contributed by atoms with Crippen LogP contribution >= 0.6 is 0 Å². The van der Waals surface area contributed by atoms with Crippen LogP contribution in [-0.4, -0.2) is 23.9 Å². The van der Waals surface area contributed by atoms with Crippen LogP contribution in [0, 0.1) is 16.0 Å². The Balaban J connectivity index is 2.04. The van der Waals surface area contributed by atoms with Gasteiger partial charge >= 0.3 is 0 Å². The van der Waals surface area contributed by atoms with Crippen LogP contribution in [0.1, 0.15) is 36.5 Å². The van der Waals surface area contributed by atoms with E-state index in [9.17, 15) is 14.9 Å². The Labute approximate surface area is 117 Å². The van der Waals surface area contributed by atoms with Crippen LogP contribution in [0.3, 0.4) is 0 Å². The molecule has 1 amide bonds. The van der Waals surface area contributed by atoms with Crippen molar-refractivity contribution in [1.29, 1.82) is 0 Å². The molecule has 20 heavy (non-hydrogen) atoms. The molecule has 2 rings (SSSR count). The van der Waals surface area contributed by atoms with Crippen LogP contribution in [0.15, 0.2) is 18.2 Å². The van der Waals surface area contributed by atoms with Crippen molar-refractivity contribution in [3.05, 3.63) is 33.9 Å². The maximum absolute atomic E-state index is 12.0. The normalized spacial score (nSPS) is 13.8. The van der Waals surface area contributed by atoms with Crippen molar-refractivity contribution in [2.45, 2.75) is 26.2 Å². The lowest BCUT2D eigenvalue weighted by atomic mass is 10.1. The number of rotatable bonds is 7. The fourth-order valence-corrected chi connectivity index (χ4v) is 2.07. The fraction of sp³-hybridized carbons (Fsp3) is 0.500. The van der Waals surface area contributed by atoms with Gasteiger partial charge in [0.1, 0.15) is 5.69 Å². The lowest BCUT2D eigenvalue weighted by molar-refractivity contribution is -0.384. The molecule has 0 unspecified atom stereocenters. The molecule has 0 atom stereocenters. The zero-order valence-electron chi connectivity index (χ0n) is 11.5. The Bertz CT molecular complexity index is 512. The summed E-state index contributed by atoms with van der Waals surface area (Å²) >= 11 is 0. The van der Waals surface area contributed by atoms with Gasteiger partial charge in [-0.1, -0.05) is 12.8 Å². The molecule has 1 aromatic carbocycles. The highest BCUT2D eigenvalue weighted by Gasteiger charge is 2.21. The summed E-state index contributed by atoms with van der Waals surface area (Å²) in [5.74, 6) is 0.587. The van der Waals surface area contributed by atoms with Gasteiger partial charge in [-0.25, -0.2) is 0 Å². The number of nitro groups is 1. The molecule has 0 aromatic heterocycles. The Morgan fingerprint density at radius 2 is 2.20 bits per heavy atom. The first-order valence-corrected chi connectivity index (χ1v) is 6.92. The van der Waals surface area contributed by atoms with Crippen molar-refractivity contribution >= 4 is 17.3 Å². The summed E-state index contributed by atoms with van der Waals surface area (Å²) < 4.78 is 0. The SMILES string of the molecule is CCNc1cc(C(=O)NCCC2CC2)ccc1[N+](=O)[O-]. The van der Waals surface area contributed by atoms with E-state index in [2.05, 4.69) is 10.6 Å². The van der Waals surface area contributed by atoms with E-state index < -0.39 is 4.92 Å². The molecule has 1 aromatic rings. The smallest absolute Gasteiger partial charge is 0.292 e. The molecule has 0 bridgehead atoms. The molecule has 1 saturated carbocycles. The largest absolute Gasteiger partial charge is 0.380 e. The van der Waals surface area contributed by atoms with Gasteiger partial charge in [0.2, 0.25) is 0 Å². The maximum atomic E-state index is 12.0. The van der Waals surface area contributed by atoms with Crippen molar-refractivity contribution in [2.75, 3.05) is 18.4 Å². The number of amides is 1. The van der Waals surface area contributed by atoms with Gasteiger partial charge in [-0.2, -0.15) is 0 Å². The summed E-state index contributed by atoms with van der Waals surface area (Å²) in [5.41, 5.74) is 0.816. The van der Waals surface area contributed by atoms with Crippen molar-refractivity contribution in [3.8, 4) is 0 Å². The molecule has 0 aliphatic heterocycles. The van der Waals surface area contributed by atoms with Crippen LogP contribution in [0.4, 0.5) is 11.4 Å². The Hall–Kier alpha value is -2.11. The van der Waals surface area contributed by atoms with Crippen molar-refractivity contribution < 1.29 is 9.72 Å². The summed E-state index contributed by atoms with van der Waals surface area (Å²) in [6, 6.07) is 4.40. The molecule has 0 saturated heterocycles. The predicted octanol–water partition coefficient (Wildman–Crippen LogP) is 2.56. The minimum absolute atomic E-state index is 0.0126. The first kappa shape index (κ1) is 14.3. The third-order valence-corrected chi connectivity index (χ3v) is 3.36. The highest BCUT2D eigenvalue weighted by molar-refractivity contribution is 5.95. The number of nitrogens with one attached hydrogen (secondary N) is 2. The lowest BCUT2D eigenvalue weighted by Crippen LogP contribution is -2.24. The predicted molar refractivity (Wildman–Crippen MR) is 76.9 cm³/mol. The number of hydrogen-bond acceptors (Lipinski definition) is 4. The van der Waals surface area contributed by atoms with E-state index in [1.54, 1.807) is 0 Å². The molecular formula is C14H19N3O3. The number of nitrogens with zero attached hydrogens (tertiary/aromatic N) is 1. The first-order chi connectivity index (χ1) is 9.61. The number of hydrogen-bond donors (Lipinski definition) is 2. The fourth-order valence-electron chi connectivity index (χ4n) is 2.07. The third-order valence-electron chi connectivity index (χ3n) is 3.36. The zero-order valence-corrected chi connectivity index (χ0v) is 11.5. The topological polar surface area (TPSA) is 84.3 Å². The number of nitro benzene ring substituents is 1. The Kier molecular flexibility index (Phi) is 4.55. The quantitative estimate of drug-likeness (QED) is 0.592. The molecule has 2 N–H and O–H groups in total. The second kappa shape index (κ2) is 6.36. The number of carbonyl (C=O) groups is 1. The molecule has 6 nitrogen and oxygen atoms in total. The van der Waals surface area contributed by atoms with E-state index in [1.807, 2.05) is 6.92 Å². The van der Waals surface area contributed by atoms with Crippen LogP contribution in [0.25, 0.3) is 0 Å². The average molecular weight is 277 g/mol. The third kappa shape index (κ3) is 3.69. The second-order valence-electron chi connectivity index (χ2n) is 5.01. The number of benzene rings is 1. The van der Waals surface area contributed by atoms with Gasteiger partial charge < -0.3 is 10.6 Å². The number of anilines is 1. The van der Waals surface area contributed by atoms with E-state index >= 15 is 0 Å². The van der Waals surface area contributed by atoms with Crippen molar-refractivity contribution in [1.82, 2.24) is 5.32 Å². The summed E-state index contributed by atoms with van der Waals surface area (Å²) in [5, 5.41) is 16.7. The van der Waals surface area contributed by atoms with Gasteiger partial charge in [0, 0.05) is 24.7 Å². The van der Waals surface area contributed by atoms with Crippen molar-refractivity contribution in [2.24, 2.45) is 5.92 Å². The van der Waals surface area contributed by atoms with Crippen LogP contribution in [-0.2, 0) is 0 Å². The molecule has 0 radical (unpaired) electrons. The molecule has 6 heteroatoms. The van der Waals surface area contributed by atoms with E-state index in [-0.39, 0.29) is 11.6 Å². The molecule has 0 heterocycles. The molecule has 1 aliphatic rings. The summed E-state index contributed by atoms with van der Waals surface area (Å²) in [4.78, 5) is 22.4. The molecule has 1 fully saturated rings. The van der Waals surface area contributed by atoms with Gasteiger partial charge in [-0.3, -0.25) is 14.9 Å². The van der Waals surface area contributed by atoms with Crippen LogP contribution in [0.5, 0.6) is 0 Å². The van der Waals surface area contributed by atoms with E-state index in [0.717, 1.165) is 12.3 Å². The van der Waals surface area contributed by atoms with Crippen molar-refractivity contribution in [3.63, 3.8) is 0 Å². The van der Waals surface area contributed by atoms with Gasteiger partial charge in [-0.15, -0.1) is 0 Å². The van der Waals surface area contributed by atoms with E-state index in [4.69, 9.17) is 0 Å². The Morgan fingerprint density at radius 1 is 1.45 bits per heavy atom. The monoisotopic (exact) mass is 277 g/mol. The highest BCUT2D eigenvalue weighted by atomic mass is 16.6. The average Bonchev–Trinajstić information content (AvgIpc) is 3.22. The zero-order chi connectivity index (χ0) is 14.5. The molecular weight excluding hydrogens is 258 g/mol. The van der Waals surface area contributed by atoms with Gasteiger partial charge in [0.15, 0.2) is 0 Å². The number of carbonyl (C=O) groups excluding carboxylic acids is 1. The Morgan fingerprint density at radius 3 is 2.80 bits per heavy atom. The van der Waals surface area contributed by atoms with Gasteiger partial charge in [0.05, 0.1) is 4.92 Å². The lowest BCUT2D eigenvalue weighted by Gasteiger charge is -2.08. The maximum Gasteiger partial charge on any atom is 0.292 e. The summed E-state index contributed by atoms with van der Waals surface area (Å²) in [6.07, 6.45) is 3.54.